The molecule has 148 valence electrons. The van der Waals surface area contributed by atoms with Gasteiger partial charge in [-0.3, -0.25) is 0 Å². The van der Waals surface area contributed by atoms with E-state index in [0.29, 0.717) is 0 Å². The van der Waals surface area contributed by atoms with E-state index >= 15 is 0 Å². The molecule has 4 bridgehead atoms. The van der Waals surface area contributed by atoms with Crippen LogP contribution >= 0.6 is 0 Å². The van der Waals surface area contributed by atoms with Crippen LogP contribution in [0.1, 0.15) is 19.4 Å². The van der Waals surface area contributed by atoms with Gasteiger partial charge in [-0.05, 0) is 0 Å². The second-order valence-corrected chi connectivity index (χ2v) is 7.47. The summed E-state index contributed by atoms with van der Waals surface area (Å²) in [6.07, 6.45) is -7.21. The van der Waals surface area contributed by atoms with Crippen molar-refractivity contribution in [1.29, 1.82) is 0 Å². The summed E-state index contributed by atoms with van der Waals surface area (Å²) in [6.45, 7) is 3.88. The molecular weight excluding hydrogens is 365 g/mol. The maximum absolute atomic E-state index is 14.0. The Balaban J connectivity index is 1.66. The van der Waals surface area contributed by atoms with Crippen LogP contribution in [0, 0.1) is 11.8 Å². The minimum atomic E-state index is -5.00. The second kappa shape index (κ2) is 6.18. The van der Waals surface area contributed by atoms with Gasteiger partial charge in [-0.25, -0.2) is 4.79 Å². The number of ether oxygens (including phenoxy) is 4. The monoisotopic (exact) mass is 386 g/mol. The molecule has 0 spiro atoms. The number of esters is 1. The van der Waals surface area contributed by atoms with E-state index < -0.39 is 36.1 Å². The van der Waals surface area contributed by atoms with Gasteiger partial charge < -0.3 is 18.9 Å². The summed E-state index contributed by atoms with van der Waals surface area (Å²) in [5.41, 5.74) is -3.54. The molecule has 5 rings (SSSR count). The minimum absolute atomic E-state index is 0.0300. The van der Waals surface area contributed by atoms with Crippen molar-refractivity contribution in [1.82, 2.24) is 0 Å². The van der Waals surface area contributed by atoms with Crippen molar-refractivity contribution in [2.24, 2.45) is 11.8 Å². The van der Waals surface area contributed by atoms with Gasteiger partial charge in [0.2, 0.25) is 0 Å². The number of benzene rings is 1. The van der Waals surface area contributed by atoms with Crippen LogP contribution in [0.4, 0.5) is 13.2 Å². The van der Waals surface area contributed by atoms with E-state index in [1.807, 2.05) is 13.8 Å². The summed E-state index contributed by atoms with van der Waals surface area (Å²) < 4.78 is 64.0. The van der Waals surface area contributed by atoms with E-state index in [4.69, 9.17) is 18.9 Å². The Morgan fingerprint density at radius 1 is 0.963 bits per heavy atom. The Bertz CT molecular complexity index is 720. The second-order valence-electron chi connectivity index (χ2n) is 7.47. The molecule has 8 heteroatoms. The zero-order valence-electron chi connectivity index (χ0n) is 15.1. The molecule has 0 amide bonds. The average molecular weight is 386 g/mol. The lowest BCUT2D eigenvalue weighted by molar-refractivity contribution is -0.282. The topological polar surface area (TPSA) is 54.0 Å². The van der Waals surface area contributed by atoms with Crippen LogP contribution < -0.4 is 0 Å². The van der Waals surface area contributed by atoms with Gasteiger partial charge in [0.05, 0.1) is 12.2 Å². The first-order valence-corrected chi connectivity index (χ1v) is 8.91. The lowest BCUT2D eigenvalue weighted by Gasteiger charge is -2.40. The van der Waals surface area contributed by atoms with Gasteiger partial charge >= 0.3 is 12.1 Å². The van der Waals surface area contributed by atoms with Crippen molar-refractivity contribution in [2.45, 2.75) is 56.1 Å². The summed E-state index contributed by atoms with van der Waals surface area (Å²) in [6, 6.07) is 6.78. The van der Waals surface area contributed by atoms with Crippen molar-refractivity contribution in [3.8, 4) is 0 Å². The molecule has 1 aromatic rings. The molecule has 0 aliphatic carbocycles. The lowest BCUT2D eigenvalue weighted by Crippen LogP contribution is -2.56. The van der Waals surface area contributed by atoms with Crippen molar-refractivity contribution in [3.05, 3.63) is 35.9 Å². The highest BCUT2D eigenvalue weighted by molar-refractivity contribution is 5.83. The lowest BCUT2D eigenvalue weighted by atomic mass is 9.87. The van der Waals surface area contributed by atoms with Gasteiger partial charge in [-0.2, -0.15) is 13.2 Å². The SMILES string of the molecule is CO[C@@](C(=O)O[C@@H]1[C@H]2O[C@@H]3C(C)[C@H]2O[C@H]1C3C)(c1ccccc1)C(F)(F)F. The van der Waals surface area contributed by atoms with Gasteiger partial charge in [0.25, 0.3) is 5.60 Å². The molecule has 4 aliphatic rings. The van der Waals surface area contributed by atoms with E-state index in [1.165, 1.54) is 24.3 Å². The van der Waals surface area contributed by atoms with E-state index in [9.17, 15) is 18.0 Å². The Morgan fingerprint density at radius 3 is 2.15 bits per heavy atom. The fourth-order valence-corrected chi connectivity index (χ4v) is 4.72. The standard InChI is InChI=1S/C19H21F3O5/c1-9-12-10(2)14-16(15(25-12)13(9)26-14)27-17(23)18(24-3,19(20,21)22)11-7-5-4-6-8-11/h4-10,12-16H,1-3H3/t9?,10?,12-,13-,14+,15+,16+,18-/m1/s1. The number of methoxy groups -OCH3 is 1. The summed E-state index contributed by atoms with van der Waals surface area (Å²) in [5, 5.41) is 0. The smallest absolute Gasteiger partial charge is 0.432 e. The summed E-state index contributed by atoms with van der Waals surface area (Å²) in [4.78, 5) is 12.9. The molecule has 1 aromatic carbocycles. The third-order valence-electron chi connectivity index (χ3n) is 6.09. The van der Waals surface area contributed by atoms with Crippen LogP contribution in [-0.2, 0) is 29.3 Å². The Hall–Kier alpha value is -1.64. The number of hydrogen-bond acceptors (Lipinski definition) is 5. The molecule has 0 aromatic heterocycles. The van der Waals surface area contributed by atoms with Crippen LogP contribution in [0.3, 0.4) is 0 Å². The zero-order valence-corrected chi connectivity index (χ0v) is 15.1. The molecule has 4 aliphatic heterocycles. The minimum Gasteiger partial charge on any atom is -0.454 e. The van der Waals surface area contributed by atoms with E-state index in [1.54, 1.807) is 6.07 Å². The number of hydrogen-bond donors (Lipinski definition) is 0. The predicted octanol–water partition coefficient (Wildman–Crippen LogP) is 2.82. The number of carbonyl (C=O) groups excluding carboxylic acids is 1. The third kappa shape index (κ3) is 2.46. The largest absolute Gasteiger partial charge is 0.454 e. The fourth-order valence-electron chi connectivity index (χ4n) is 4.72. The Kier molecular flexibility index (Phi) is 4.29. The first kappa shape index (κ1) is 18.7. The normalized spacial score (nSPS) is 39.4. The highest BCUT2D eigenvalue weighted by Crippen LogP contribution is 2.52. The maximum Gasteiger partial charge on any atom is 0.432 e. The Morgan fingerprint density at radius 2 is 1.56 bits per heavy atom. The fraction of sp³-hybridized carbons (Fsp3) is 0.632. The van der Waals surface area contributed by atoms with Crippen LogP contribution in [0.15, 0.2) is 30.3 Å². The van der Waals surface area contributed by atoms with E-state index in [0.717, 1.165) is 7.11 Å². The van der Waals surface area contributed by atoms with Gasteiger partial charge in [-0.1, -0.05) is 44.2 Å². The summed E-state index contributed by atoms with van der Waals surface area (Å²) in [5.74, 6) is -1.47. The number of halogens is 3. The van der Waals surface area contributed by atoms with Crippen molar-refractivity contribution < 1.29 is 36.9 Å². The molecule has 0 N–H and O–H groups in total. The zero-order chi connectivity index (χ0) is 19.6. The third-order valence-corrected chi connectivity index (χ3v) is 6.09. The molecule has 0 radical (unpaired) electrons. The molecule has 2 unspecified atom stereocenters. The van der Waals surface area contributed by atoms with Gasteiger partial charge in [0.15, 0.2) is 6.10 Å². The van der Waals surface area contributed by atoms with Crippen LogP contribution in [0.5, 0.6) is 0 Å². The number of alkyl halides is 3. The molecule has 5 nitrogen and oxygen atoms in total. The number of rotatable bonds is 4. The summed E-state index contributed by atoms with van der Waals surface area (Å²) in [7, 11) is 0.853. The molecule has 4 fully saturated rings. The van der Waals surface area contributed by atoms with Gasteiger partial charge in [0, 0.05) is 24.5 Å². The molecule has 0 saturated carbocycles. The Labute approximate surface area is 154 Å². The summed E-state index contributed by atoms with van der Waals surface area (Å²) >= 11 is 0. The van der Waals surface area contributed by atoms with E-state index in [2.05, 4.69) is 0 Å². The molecule has 4 saturated heterocycles. The maximum atomic E-state index is 14.0. The quantitative estimate of drug-likeness (QED) is 0.745. The molecule has 27 heavy (non-hydrogen) atoms. The van der Waals surface area contributed by atoms with Crippen molar-refractivity contribution >= 4 is 5.97 Å². The van der Waals surface area contributed by atoms with Crippen molar-refractivity contribution in [2.75, 3.05) is 7.11 Å². The molecular formula is C19H21F3O5. The first-order valence-electron chi connectivity index (χ1n) is 8.91. The van der Waals surface area contributed by atoms with Crippen LogP contribution in [0.2, 0.25) is 0 Å². The van der Waals surface area contributed by atoms with Crippen LogP contribution in [-0.4, -0.2) is 49.8 Å². The van der Waals surface area contributed by atoms with E-state index in [-0.39, 0.29) is 29.6 Å². The first-order chi connectivity index (χ1) is 12.7. The number of carbonyl (C=O) groups is 1. The van der Waals surface area contributed by atoms with Crippen LogP contribution in [0.25, 0.3) is 0 Å². The highest BCUT2D eigenvalue weighted by atomic mass is 19.4. The molecule has 4 heterocycles. The van der Waals surface area contributed by atoms with Gasteiger partial charge in [-0.15, -0.1) is 0 Å². The highest BCUT2D eigenvalue weighted by Gasteiger charge is 2.68. The van der Waals surface area contributed by atoms with Crippen molar-refractivity contribution in [3.63, 3.8) is 0 Å². The van der Waals surface area contributed by atoms with Gasteiger partial charge in [0.1, 0.15) is 12.2 Å². The predicted molar refractivity (Wildman–Crippen MR) is 86.7 cm³/mol. The average Bonchev–Trinajstić information content (AvgIpc) is 3.04. The molecule has 8 atom stereocenters.